The first kappa shape index (κ1) is 12.5. The second-order valence-corrected chi connectivity index (χ2v) is 4.81. The van der Waals surface area contributed by atoms with Crippen LogP contribution in [0.15, 0.2) is 12.1 Å². The third kappa shape index (κ3) is 3.01. The highest BCUT2D eigenvalue weighted by molar-refractivity contribution is 6.31. The van der Waals surface area contributed by atoms with Gasteiger partial charge in [0.1, 0.15) is 5.82 Å². The molecule has 3 nitrogen and oxygen atoms in total. The standard InChI is InChI=1S/C12H16ClFN2O/c1-7-4-8(2-3-17-7)16-12-6-10(14)9(13)5-11(12)15/h5-8,16H,2-4,15H2,1H3. The van der Waals surface area contributed by atoms with Gasteiger partial charge in [0, 0.05) is 18.7 Å². The molecule has 2 rings (SSSR count). The fourth-order valence-electron chi connectivity index (χ4n) is 2.04. The third-order valence-corrected chi connectivity index (χ3v) is 3.23. The van der Waals surface area contributed by atoms with Gasteiger partial charge in [-0.05, 0) is 25.8 Å². The summed E-state index contributed by atoms with van der Waals surface area (Å²) in [6.45, 7) is 2.74. The van der Waals surface area contributed by atoms with E-state index in [1.807, 2.05) is 6.92 Å². The maximum atomic E-state index is 13.3. The molecule has 1 fully saturated rings. The maximum Gasteiger partial charge on any atom is 0.143 e. The van der Waals surface area contributed by atoms with Crippen LogP contribution >= 0.6 is 11.6 Å². The van der Waals surface area contributed by atoms with Gasteiger partial charge in [-0.25, -0.2) is 4.39 Å². The maximum absolute atomic E-state index is 13.3. The minimum absolute atomic E-state index is 0.0494. The second-order valence-electron chi connectivity index (χ2n) is 4.40. The summed E-state index contributed by atoms with van der Waals surface area (Å²) in [5.74, 6) is -0.455. The van der Waals surface area contributed by atoms with E-state index >= 15 is 0 Å². The Kier molecular flexibility index (Phi) is 3.74. The largest absolute Gasteiger partial charge is 0.397 e. The van der Waals surface area contributed by atoms with Gasteiger partial charge < -0.3 is 15.8 Å². The Bertz CT molecular complexity index is 414. The van der Waals surface area contributed by atoms with Gasteiger partial charge in [0.25, 0.3) is 0 Å². The fourth-order valence-corrected chi connectivity index (χ4v) is 2.21. The van der Waals surface area contributed by atoms with Crippen LogP contribution in [0.2, 0.25) is 5.02 Å². The molecule has 2 atom stereocenters. The van der Waals surface area contributed by atoms with E-state index in [-0.39, 0.29) is 17.2 Å². The molecule has 0 radical (unpaired) electrons. The van der Waals surface area contributed by atoms with Crippen LogP contribution in [0, 0.1) is 5.82 Å². The first-order valence-corrected chi connectivity index (χ1v) is 6.06. The zero-order valence-electron chi connectivity index (χ0n) is 9.67. The van der Waals surface area contributed by atoms with Crippen molar-refractivity contribution in [2.75, 3.05) is 17.7 Å². The number of rotatable bonds is 2. The molecule has 2 unspecified atom stereocenters. The van der Waals surface area contributed by atoms with Crippen molar-refractivity contribution in [2.45, 2.75) is 31.9 Å². The predicted octanol–water partition coefficient (Wildman–Crippen LogP) is 3.04. The SMILES string of the molecule is CC1CC(Nc2cc(F)c(Cl)cc2N)CCO1. The molecule has 17 heavy (non-hydrogen) atoms. The van der Waals surface area contributed by atoms with Gasteiger partial charge in [-0.1, -0.05) is 11.6 Å². The summed E-state index contributed by atoms with van der Waals surface area (Å²) >= 11 is 5.65. The molecule has 5 heteroatoms. The molecule has 1 aliphatic heterocycles. The molecule has 0 spiro atoms. The third-order valence-electron chi connectivity index (χ3n) is 2.94. The number of hydrogen-bond acceptors (Lipinski definition) is 3. The number of anilines is 2. The highest BCUT2D eigenvalue weighted by Crippen LogP contribution is 2.28. The summed E-state index contributed by atoms with van der Waals surface area (Å²) in [4.78, 5) is 0. The Balaban J connectivity index is 2.10. The van der Waals surface area contributed by atoms with E-state index in [0.29, 0.717) is 11.4 Å². The second kappa shape index (κ2) is 5.10. The van der Waals surface area contributed by atoms with Crippen LogP contribution in [0.4, 0.5) is 15.8 Å². The van der Waals surface area contributed by atoms with Gasteiger partial charge in [0.2, 0.25) is 0 Å². The first-order chi connectivity index (χ1) is 8.06. The average Bonchev–Trinajstić information content (AvgIpc) is 2.26. The molecule has 1 heterocycles. The van der Waals surface area contributed by atoms with Crippen molar-refractivity contribution < 1.29 is 9.13 Å². The summed E-state index contributed by atoms with van der Waals surface area (Å²) < 4.78 is 18.8. The van der Waals surface area contributed by atoms with Crippen molar-refractivity contribution in [2.24, 2.45) is 0 Å². The summed E-state index contributed by atoms with van der Waals surface area (Å²) in [6.07, 6.45) is 2.01. The van der Waals surface area contributed by atoms with Crippen LogP contribution < -0.4 is 11.1 Å². The Morgan fingerprint density at radius 2 is 2.29 bits per heavy atom. The number of benzene rings is 1. The Morgan fingerprint density at radius 1 is 1.53 bits per heavy atom. The topological polar surface area (TPSA) is 47.3 Å². The van der Waals surface area contributed by atoms with Crippen LogP contribution in [-0.4, -0.2) is 18.8 Å². The Labute approximate surface area is 105 Å². The molecule has 94 valence electrons. The Hall–Kier alpha value is -1.00. The number of nitrogen functional groups attached to an aromatic ring is 1. The van der Waals surface area contributed by atoms with E-state index in [2.05, 4.69) is 5.32 Å². The lowest BCUT2D eigenvalue weighted by Gasteiger charge is -2.29. The lowest BCUT2D eigenvalue weighted by atomic mass is 10.0. The minimum atomic E-state index is -0.455. The quantitative estimate of drug-likeness (QED) is 0.802. The van der Waals surface area contributed by atoms with Crippen molar-refractivity contribution >= 4 is 23.0 Å². The van der Waals surface area contributed by atoms with Gasteiger partial charge >= 0.3 is 0 Å². The van der Waals surface area contributed by atoms with Crippen LogP contribution in [-0.2, 0) is 4.74 Å². The molecule has 3 N–H and O–H groups in total. The smallest absolute Gasteiger partial charge is 0.143 e. The molecular weight excluding hydrogens is 243 g/mol. The molecular formula is C12H16ClFN2O. The van der Waals surface area contributed by atoms with Crippen molar-refractivity contribution in [3.63, 3.8) is 0 Å². The molecule has 0 amide bonds. The molecule has 0 aromatic heterocycles. The van der Waals surface area contributed by atoms with E-state index in [0.717, 1.165) is 19.4 Å². The molecule has 0 saturated carbocycles. The van der Waals surface area contributed by atoms with Crippen molar-refractivity contribution in [3.8, 4) is 0 Å². The van der Waals surface area contributed by atoms with Crippen molar-refractivity contribution in [1.82, 2.24) is 0 Å². The summed E-state index contributed by atoms with van der Waals surface area (Å²) in [7, 11) is 0. The van der Waals surface area contributed by atoms with Gasteiger partial charge in [-0.15, -0.1) is 0 Å². The van der Waals surface area contributed by atoms with Crippen LogP contribution in [0.1, 0.15) is 19.8 Å². The molecule has 1 aromatic carbocycles. The number of nitrogens with one attached hydrogen (secondary N) is 1. The van der Waals surface area contributed by atoms with Crippen molar-refractivity contribution in [3.05, 3.63) is 23.0 Å². The van der Waals surface area contributed by atoms with Crippen molar-refractivity contribution in [1.29, 1.82) is 0 Å². The monoisotopic (exact) mass is 258 g/mol. The molecule has 1 aliphatic rings. The normalized spacial score (nSPS) is 24.6. The number of ether oxygens (including phenoxy) is 1. The van der Waals surface area contributed by atoms with Crippen LogP contribution in [0.5, 0.6) is 0 Å². The zero-order chi connectivity index (χ0) is 12.4. The first-order valence-electron chi connectivity index (χ1n) is 5.69. The lowest BCUT2D eigenvalue weighted by molar-refractivity contribution is 0.0232. The van der Waals surface area contributed by atoms with Gasteiger partial charge in [0.05, 0.1) is 22.5 Å². The van der Waals surface area contributed by atoms with E-state index in [9.17, 15) is 4.39 Å². The molecule has 0 bridgehead atoms. The summed E-state index contributed by atoms with van der Waals surface area (Å²) in [5, 5.41) is 3.29. The zero-order valence-corrected chi connectivity index (χ0v) is 10.4. The predicted molar refractivity (Wildman–Crippen MR) is 67.9 cm³/mol. The summed E-state index contributed by atoms with van der Waals surface area (Å²) in [5.41, 5.74) is 6.87. The van der Waals surface area contributed by atoms with E-state index in [1.54, 1.807) is 0 Å². The molecule has 0 aliphatic carbocycles. The number of nitrogens with two attached hydrogens (primary N) is 1. The summed E-state index contributed by atoms with van der Waals surface area (Å²) in [6, 6.07) is 3.04. The fraction of sp³-hybridized carbons (Fsp3) is 0.500. The van der Waals surface area contributed by atoms with E-state index in [4.69, 9.17) is 22.1 Å². The van der Waals surface area contributed by atoms with Gasteiger partial charge in [-0.3, -0.25) is 0 Å². The highest BCUT2D eigenvalue weighted by atomic mass is 35.5. The lowest BCUT2D eigenvalue weighted by Crippen LogP contribution is -2.32. The Morgan fingerprint density at radius 3 is 3.00 bits per heavy atom. The highest BCUT2D eigenvalue weighted by Gasteiger charge is 2.20. The van der Waals surface area contributed by atoms with Gasteiger partial charge in [-0.2, -0.15) is 0 Å². The molecule has 1 saturated heterocycles. The minimum Gasteiger partial charge on any atom is -0.397 e. The van der Waals surface area contributed by atoms with E-state index in [1.165, 1.54) is 12.1 Å². The number of hydrogen-bond donors (Lipinski definition) is 2. The van der Waals surface area contributed by atoms with Crippen LogP contribution in [0.3, 0.4) is 0 Å². The van der Waals surface area contributed by atoms with Gasteiger partial charge in [0.15, 0.2) is 0 Å². The average molecular weight is 259 g/mol. The molecule has 1 aromatic rings. The van der Waals surface area contributed by atoms with Crippen LogP contribution in [0.25, 0.3) is 0 Å². The number of halogens is 2. The van der Waals surface area contributed by atoms with E-state index < -0.39 is 5.82 Å².